The summed E-state index contributed by atoms with van der Waals surface area (Å²) < 4.78 is 13.1. The highest BCUT2D eigenvalue weighted by Gasteiger charge is 2.30. The lowest BCUT2D eigenvalue weighted by molar-refractivity contribution is -0.116. The van der Waals surface area contributed by atoms with Crippen molar-refractivity contribution in [1.82, 2.24) is 0 Å². The Bertz CT molecular complexity index is 654. The summed E-state index contributed by atoms with van der Waals surface area (Å²) in [6, 6.07) is 11.7. The van der Waals surface area contributed by atoms with E-state index in [1.807, 2.05) is 31.2 Å². The third-order valence-corrected chi connectivity index (χ3v) is 3.18. The van der Waals surface area contributed by atoms with Crippen LogP contribution in [0.1, 0.15) is 17.2 Å². The molecule has 2 aromatic carbocycles. The number of carbonyl (C=O) groups excluding carboxylic acids is 1. The van der Waals surface area contributed by atoms with Crippen LogP contribution in [0.5, 0.6) is 0 Å². The SMILES string of the molecule is Cc1cccc(NC2C(=O)Nc3cc(F)ccc32)c1. The first kappa shape index (κ1) is 11.7. The zero-order valence-electron chi connectivity index (χ0n) is 10.4. The number of nitrogens with one attached hydrogen (secondary N) is 2. The van der Waals surface area contributed by atoms with Gasteiger partial charge in [-0.25, -0.2) is 4.39 Å². The summed E-state index contributed by atoms with van der Waals surface area (Å²) in [5, 5.41) is 5.85. The highest BCUT2D eigenvalue weighted by Crippen LogP contribution is 2.33. The fourth-order valence-electron chi connectivity index (χ4n) is 2.28. The van der Waals surface area contributed by atoms with Crippen LogP contribution >= 0.6 is 0 Å². The summed E-state index contributed by atoms with van der Waals surface area (Å²) >= 11 is 0. The Morgan fingerprint density at radius 2 is 2.05 bits per heavy atom. The molecule has 1 atom stereocenters. The van der Waals surface area contributed by atoms with Crippen LogP contribution in [0.25, 0.3) is 0 Å². The van der Waals surface area contributed by atoms with Crippen molar-refractivity contribution in [3.8, 4) is 0 Å². The average molecular weight is 256 g/mol. The molecule has 3 rings (SSSR count). The molecule has 1 amide bonds. The van der Waals surface area contributed by atoms with E-state index in [0.717, 1.165) is 16.8 Å². The van der Waals surface area contributed by atoms with Crippen molar-refractivity contribution < 1.29 is 9.18 Å². The van der Waals surface area contributed by atoms with Crippen molar-refractivity contribution in [3.63, 3.8) is 0 Å². The van der Waals surface area contributed by atoms with Gasteiger partial charge < -0.3 is 10.6 Å². The molecule has 0 saturated carbocycles. The van der Waals surface area contributed by atoms with E-state index in [9.17, 15) is 9.18 Å². The van der Waals surface area contributed by atoms with Crippen LogP contribution in [0.15, 0.2) is 42.5 Å². The zero-order valence-corrected chi connectivity index (χ0v) is 10.4. The second-order valence-corrected chi connectivity index (χ2v) is 4.67. The van der Waals surface area contributed by atoms with E-state index in [1.165, 1.54) is 12.1 Å². The van der Waals surface area contributed by atoms with Crippen molar-refractivity contribution in [2.45, 2.75) is 13.0 Å². The van der Waals surface area contributed by atoms with Crippen molar-refractivity contribution in [3.05, 3.63) is 59.4 Å². The molecule has 0 aliphatic carbocycles. The monoisotopic (exact) mass is 256 g/mol. The smallest absolute Gasteiger partial charge is 0.251 e. The number of anilines is 2. The number of aryl methyl sites for hydroxylation is 1. The fraction of sp³-hybridized carbons (Fsp3) is 0.133. The normalized spacial score (nSPS) is 16.9. The van der Waals surface area contributed by atoms with Gasteiger partial charge in [0.15, 0.2) is 0 Å². The third-order valence-electron chi connectivity index (χ3n) is 3.18. The van der Waals surface area contributed by atoms with Gasteiger partial charge >= 0.3 is 0 Å². The number of hydrogen-bond donors (Lipinski definition) is 2. The maximum atomic E-state index is 13.1. The molecule has 3 nitrogen and oxygen atoms in total. The number of hydrogen-bond acceptors (Lipinski definition) is 2. The van der Waals surface area contributed by atoms with Gasteiger partial charge in [-0.2, -0.15) is 0 Å². The molecule has 0 fully saturated rings. The molecule has 4 heteroatoms. The number of amides is 1. The minimum absolute atomic E-state index is 0.165. The maximum Gasteiger partial charge on any atom is 0.251 e. The number of benzene rings is 2. The third kappa shape index (κ3) is 2.17. The molecular formula is C15H13FN2O. The van der Waals surface area contributed by atoms with Gasteiger partial charge in [0.2, 0.25) is 0 Å². The Labute approximate surface area is 110 Å². The van der Waals surface area contributed by atoms with E-state index < -0.39 is 6.04 Å². The van der Waals surface area contributed by atoms with Gasteiger partial charge in [0.05, 0.1) is 0 Å². The van der Waals surface area contributed by atoms with E-state index in [4.69, 9.17) is 0 Å². The van der Waals surface area contributed by atoms with E-state index in [2.05, 4.69) is 10.6 Å². The molecule has 1 aliphatic heterocycles. The molecule has 2 aromatic rings. The second kappa shape index (κ2) is 4.39. The number of halogens is 1. The van der Waals surface area contributed by atoms with Gasteiger partial charge in [-0.05, 0) is 36.8 Å². The number of rotatable bonds is 2. The predicted molar refractivity (Wildman–Crippen MR) is 72.6 cm³/mol. The Morgan fingerprint density at radius 1 is 1.21 bits per heavy atom. The topological polar surface area (TPSA) is 41.1 Å². The Balaban J connectivity index is 1.92. The van der Waals surface area contributed by atoms with Crippen LogP contribution in [0.4, 0.5) is 15.8 Å². The largest absolute Gasteiger partial charge is 0.370 e. The van der Waals surface area contributed by atoms with E-state index in [0.29, 0.717) is 5.69 Å². The minimum Gasteiger partial charge on any atom is -0.370 e. The van der Waals surface area contributed by atoms with Crippen molar-refractivity contribution in [2.75, 3.05) is 10.6 Å². The fourth-order valence-corrected chi connectivity index (χ4v) is 2.28. The molecule has 0 saturated heterocycles. The van der Waals surface area contributed by atoms with Crippen LogP contribution in [-0.4, -0.2) is 5.91 Å². The molecular weight excluding hydrogens is 243 g/mol. The standard InChI is InChI=1S/C15H13FN2O/c1-9-3-2-4-11(7-9)17-14-12-6-5-10(16)8-13(12)18-15(14)19/h2-8,14,17H,1H3,(H,18,19). The Morgan fingerprint density at radius 3 is 2.84 bits per heavy atom. The van der Waals surface area contributed by atoms with Crippen LogP contribution < -0.4 is 10.6 Å². The zero-order chi connectivity index (χ0) is 13.4. The molecule has 0 radical (unpaired) electrons. The lowest BCUT2D eigenvalue weighted by atomic mass is 10.1. The molecule has 1 unspecified atom stereocenters. The first-order valence-electron chi connectivity index (χ1n) is 6.07. The minimum atomic E-state index is -0.475. The maximum absolute atomic E-state index is 13.1. The van der Waals surface area contributed by atoms with Crippen molar-refractivity contribution in [2.24, 2.45) is 0 Å². The van der Waals surface area contributed by atoms with E-state index in [1.54, 1.807) is 6.07 Å². The summed E-state index contributed by atoms with van der Waals surface area (Å²) in [6.45, 7) is 1.99. The molecule has 0 aromatic heterocycles. The van der Waals surface area contributed by atoms with Crippen LogP contribution in [0.3, 0.4) is 0 Å². The molecule has 0 bridgehead atoms. The van der Waals surface area contributed by atoms with E-state index >= 15 is 0 Å². The van der Waals surface area contributed by atoms with Crippen molar-refractivity contribution in [1.29, 1.82) is 0 Å². The predicted octanol–water partition coefficient (Wildman–Crippen LogP) is 3.24. The van der Waals surface area contributed by atoms with Gasteiger partial charge in [0, 0.05) is 16.9 Å². The first-order chi connectivity index (χ1) is 9.13. The summed E-state index contributed by atoms with van der Waals surface area (Å²) in [5.41, 5.74) is 3.29. The second-order valence-electron chi connectivity index (χ2n) is 4.67. The van der Waals surface area contributed by atoms with Gasteiger partial charge in [-0.1, -0.05) is 18.2 Å². The molecule has 0 spiro atoms. The molecule has 2 N–H and O–H groups in total. The summed E-state index contributed by atoms with van der Waals surface area (Å²) in [4.78, 5) is 11.9. The average Bonchev–Trinajstić information content (AvgIpc) is 2.65. The van der Waals surface area contributed by atoms with Gasteiger partial charge in [-0.15, -0.1) is 0 Å². The Kier molecular flexibility index (Phi) is 2.71. The van der Waals surface area contributed by atoms with Crippen molar-refractivity contribution >= 4 is 17.3 Å². The van der Waals surface area contributed by atoms with Gasteiger partial charge in [0.1, 0.15) is 11.9 Å². The first-order valence-corrected chi connectivity index (χ1v) is 6.07. The molecule has 1 heterocycles. The summed E-state index contributed by atoms with van der Waals surface area (Å²) in [6.07, 6.45) is 0. The summed E-state index contributed by atoms with van der Waals surface area (Å²) in [5.74, 6) is -0.516. The number of carbonyl (C=O) groups is 1. The Hall–Kier alpha value is -2.36. The van der Waals surface area contributed by atoms with Crippen LogP contribution in [0.2, 0.25) is 0 Å². The quantitative estimate of drug-likeness (QED) is 0.866. The van der Waals surface area contributed by atoms with Crippen LogP contribution in [-0.2, 0) is 4.79 Å². The van der Waals surface area contributed by atoms with Gasteiger partial charge in [0.25, 0.3) is 5.91 Å². The lowest BCUT2D eigenvalue weighted by Gasteiger charge is -2.13. The molecule has 1 aliphatic rings. The summed E-state index contributed by atoms with van der Waals surface area (Å²) in [7, 11) is 0. The highest BCUT2D eigenvalue weighted by molar-refractivity contribution is 6.04. The highest BCUT2D eigenvalue weighted by atomic mass is 19.1. The van der Waals surface area contributed by atoms with E-state index in [-0.39, 0.29) is 11.7 Å². The molecule has 19 heavy (non-hydrogen) atoms. The molecule has 96 valence electrons. The van der Waals surface area contributed by atoms with Gasteiger partial charge in [-0.3, -0.25) is 4.79 Å². The lowest BCUT2D eigenvalue weighted by Crippen LogP contribution is -2.19. The van der Waals surface area contributed by atoms with Crippen LogP contribution in [0, 0.1) is 12.7 Å². The number of fused-ring (bicyclic) bond motifs is 1.